The van der Waals surface area contributed by atoms with Crippen LogP contribution in [-0.4, -0.2) is 55.7 Å². The minimum atomic E-state index is 0.300. The molecule has 3 rings (SSSR count). The number of halogens is 1. The van der Waals surface area contributed by atoms with Crippen molar-refractivity contribution >= 4 is 15.9 Å². The molecule has 0 spiro atoms. The molecule has 0 radical (unpaired) electrons. The van der Waals surface area contributed by atoms with Crippen LogP contribution in [0.2, 0.25) is 0 Å². The number of rotatable bonds is 5. The smallest absolute Gasteiger partial charge is 0.133 e. The Bertz CT molecular complexity index is 484. The Balaban J connectivity index is 1.68. The molecular weight excluding hydrogens is 330 g/mol. The van der Waals surface area contributed by atoms with Crippen molar-refractivity contribution in [1.82, 2.24) is 9.80 Å². The van der Waals surface area contributed by atoms with Crippen LogP contribution in [0.25, 0.3) is 0 Å². The Morgan fingerprint density at radius 3 is 2.52 bits per heavy atom. The molecule has 2 fully saturated rings. The van der Waals surface area contributed by atoms with E-state index in [1.165, 1.54) is 31.5 Å². The quantitative estimate of drug-likeness (QED) is 0.881. The van der Waals surface area contributed by atoms with Crippen LogP contribution >= 0.6 is 15.9 Å². The first-order chi connectivity index (χ1) is 10.2. The van der Waals surface area contributed by atoms with Crippen LogP contribution in [0.3, 0.4) is 0 Å². The minimum absolute atomic E-state index is 0.300. The van der Waals surface area contributed by atoms with E-state index in [0.717, 1.165) is 29.4 Å². The summed E-state index contributed by atoms with van der Waals surface area (Å²) in [7, 11) is 1.69. The topological polar surface area (TPSA) is 41.7 Å². The zero-order valence-corrected chi connectivity index (χ0v) is 14.2. The summed E-state index contributed by atoms with van der Waals surface area (Å²) in [6.45, 7) is 5.24. The molecule has 1 heterocycles. The van der Waals surface area contributed by atoms with E-state index >= 15 is 0 Å². The van der Waals surface area contributed by atoms with Crippen LogP contribution in [0, 0.1) is 0 Å². The van der Waals surface area contributed by atoms with Gasteiger partial charge in [-0.3, -0.25) is 9.80 Å². The molecule has 21 heavy (non-hydrogen) atoms. The van der Waals surface area contributed by atoms with E-state index in [9.17, 15) is 0 Å². The first-order valence-corrected chi connectivity index (χ1v) is 8.54. The lowest BCUT2D eigenvalue weighted by Gasteiger charge is -2.39. The molecule has 0 aromatic heterocycles. The fourth-order valence-electron chi connectivity index (χ4n) is 3.24. The van der Waals surface area contributed by atoms with E-state index in [0.29, 0.717) is 12.6 Å². The number of benzene rings is 1. The van der Waals surface area contributed by atoms with Crippen molar-refractivity contribution in [3.63, 3.8) is 0 Å². The Kier molecular flexibility index (Phi) is 4.84. The van der Waals surface area contributed by atoms with Crippen molar-refractivity contribution in [2.45, 2.75) is 24.9 Å². The van der Waals surface area contributed by atoms with Gasteiger partial charge < -0.3 is 10.5 Å². The number of piperazine rings is 1. The maximum absolute atomic E-state index is 6.06. The molecule has 1 unspecified atom stereocenters. The average molecular weight is 354 g/mol. The first-order valence-electron chi connectivity index (χ1n) is 7.74. The van der Waals surface area contributed by atoms with E-state index in [1.807, 2.05) is 6.07 Å². The molecule has 5 heteroatoms. The van der Waals surface area contributed by atoms with Crippen LogP contribution in [-0.2, 0) is 0 Å². The number of methoxy groups -OCH3 is 1. The summed E-state index contributed by atoms with van der Waals surface area (Å²) < 4.78 is 6.31. The van der Waals surface area contributed by atoms with Gasteiger partial charge in [0.25, 0.3) is 0 Å². The van der Waals surface area contributed by atoms with Crippen LogP contribution < -0.4 is 10.5 Å². The number of ether oxygens (including phenoxy) is 1. The molecule has 116 valence electrons. The SMILES string of the molecule is COc1ccc(C(CN)N2CCN(C3CC3)CC2)cc1Br. The van der Waals surface area contributed by atoms with Gasteiger partial charge in [0.1, 0.15) is 5.75 Å². The summed E-state index contributed by atoms with van der Waals surface area (Å²) in [4.78, 5) is 5.15. The molecule has 1 atom stereocenters. The number of nitrogens with two attached hydrogens (primary N) is 1. The van der Waals surface area contributed by atoms with Crippen molar-refractivity contribution in [3.8, 4) is 5.75 Å². The standard InChI is InChI=1S/C16H24BrN3O/c1-21-16-5-2-12(10-14(16)17)15(11-18)20-8-6-19(7-9-20)13-3-4-13/h2,5,10,13,15H,3-4,6-9,11,18H2,1H3. The molecule has 2 aliphatic rings. The molecule has 0 amide bonds. The zero-order chi connectivity index (χ0) is 14.8. The third kappa shape index (κ3) is 3.42. The van der Waals surface area contributed by atoms with E-state index in [4.69, 9.17) is 10.5 Å². The van der Waals surface area contributed by atoms with E-state index < -0.39 is 0 Å². The lowest BCUT2D eigenvalue weighted by Crippen LogP contribution is -2.49. The summed E-state index contributed by atoms with van der Waals surface area (Å²) in [5, 5.41) is 0. The second kappa shape index (κ2) is 6.65. The maximum atomic E-state index is 6.06. The van der Waals surface area contributed by atoms with Gasteiger partial charge in [-0.1, -0.05) is 6.07 Å². The van der Waals surface area contributed by atoms with Crippen LogP contribution in [0.5, 0.6) is 5.75 Å². The summed E-state index contributed by atoms with van der Waals surface area (Å²) in [5.41, 5.74) is 7.33. The predicted molar refractivity (Wildman–Crippen MR) is 88.7 cm³/mol. The van der Waals surface area contributed by atoms with E-state index in [-0.39, 0.29) is 0 Å². The highest BCUT2D eigenvalue weighted by molar-refractivity contribution is 9.10. The predicted octanol–water partition coefficient (Wildman–Crippen LogP) is 2.24. The zero-order valence-electron chi connectivity index (χ0n) is 12.6. The Labute approximate surface area is 135 Å². The second-order valence-corrected chi connectivity index (χ2v) is 6.80. The highest BCUT2D eigenvalue weighted by atomic mass is 79.9. The molecule has 4 nitrogen and oxygen atoms in total. The molecule has 1 saturated carbocycles. The average Bonchev–Trinajstić information content (AvgIpc) is 3.34. The van der Waals surface area contributed by atoms with Crippen LogP contribution in [0.1, 0.15) is 24.4 Å². The summed E-state index contributed by atoms with van der Waals surface area (Å²) >= 11 is 3.57. The third-order valence-electron chi connectivity index (χ3n) is 4.64. The third-order valence-corrected chi connectivity index (χ3v) is 5.26. The number of hydrogen-bond donors (Lipinski definition) is 1. The largest absolute Gasteiger partial charge is 0.496 e. The number of nitrogens with zero attached hydrogens (tertiary/aromatic N) is 2. The van der Waals surface area contributed by atoms with E-state index in [1.54, 1.807) is 7.11 Å². The molecule has 2 N–H and O–H groups in total. The summed E-state index contributed by atoms with van der Waals surface area (Å²) in [6, 6.07) is 7.47. The molecule has 1 saturated heterocycles. The van der Waals surface area contributed by atoms with Gasteiger partial charge in [0.15, 0.2) is 0 Å². The first kappa shape index (κ1) is 15.3. The van der Waals surface area contributed by atoms with Gasteiger partial charge in [0, 0.05) is 44.8 Å². The Morgan fingerprint density at radius 2 is 2.00 bits per heavy atom. The van der Waals surface area contributed by atoms with Crippen molar-refractivity contribution < 1.29 is 4.74 Å². The van der Waals surface area contributed by atoms with Crippen molar-refractivity contribution in [2.24, 2.45) is 5.73 Å². The van der Waals surface area contributed by atoms with Gasteiger partial charge in [0.2, 0.25) is 0 Å². The molecule has 0 bridgehead atoms. The monoisotopic (exact) mass is 353 g/mol. The molecule has 1 aromatic rings. The fourth-order valence-corrected chi connectivity index (χ4v) is 3.80. The Morgan fingerprint density at radius 1 is 1.29 bits per heavy atom. The van der Waals surface area contributed by atoms with Gasteiger partial charge in [0.05, 0.1) is 11.6 Å². The maximum Gasteiger partial charge on any atom is 0.133 e. The molecular formula is C16H24BrN3O. The fraction of sp³-hybridized carbons (Fsp3) is 0.625. The molecule has 1 aromatic carbocycles. The van der Waals surface area contributed by atoms with Crippen LogP contribution in [0.4, 0.5) is 0 Å². The van der Waals surface area contributed by atoms with Crippen LogP contribution in [0.15, 0.2) is 22.7 Å². The Hall–Kier alpha value is -0.620. The van der Waals surface area contributed by atoms with Gasteiger partial charge in [-0.15, -0.1) is 0 Å². The minimum Gasteiger partial charge on any atom is -0.496 e. The van der Waals surface area contributed by atoms with Gasteiger partial charge >= 0.3 is 0 Å². The lowest BCUT2D eigenvalue weighted by molar-refractivity contribution is 0.0938. The summed E-state index contributed by atoms with van der Waals surface area (Å²) in [5.74, 6) is 0.869. The van der Waals surface area contributed by atoms with Crippen molar-refractivity contribution in [1.29, 1.82) is 0 Å². The van der Waals surface area contributed by atoms with Gasteiger partial charge in [-0.2, -0.15) is 0 Å². The normalized spacial score (nSPS) is 22.2. The molecule has 1 aliphatic carbocycles. The van der Waals surface area contributed by atoms with Crippen molar-refractivity contribution in [2.75, 3.05) is 39.8 Å². The number of hydrogen-bond acceptors (Lipinski definition) is 4. The lowest BCUT2D eigenvalue weighted by atomic mass is 10.0. The van der Waals surface area contributed by atoms with Gasteiger partial charge in [-0.25, -0.2) is 0 Å². The van der Waals surface area contributed by atoms with Crippen molar-refractivity contribution in [3.05, 3.63) is 28.2 Å². The highest BCUT2D eigenvalue weighted by Gasteiger charge is 2.32. The van der Waals surface area contributed by atoms with E-state index in [2.05, 4.69) is 37.9 Å². The van der Waals surface area contributed by atoms with Gasteiger partial charge in [-0.05, 0) is 46.5 Å². The molecule has 1 aliphatic heterocycles. The summed E-state index contributed by atoms with van der Waals surface area (Å²) in [6.07, 6.45) is 2.79. The highest BCUT2D eigenvalue weighted by Crippen LogP contribution is 2.32. The second-order valence-electron chi connectivity index (χ2n) is 5.95.